The quantitative estimate of drug-likeness (QED) is 0.172. The molecular weight excluding hydrogens is 787 g/mol. The number of furan rings is 1. The van der Waals surface area contributed by atoms with Gasteiger partial charge in [0, 0.05) is 48.5 Å². The van der Waals surface area contributed by atoms with Crippen LogP contribution in [0.1, 0.15) is 71.6 Å². The predicted molar refractivity (Wildman–Crippen MR) is 259 cm³/mol. The van der Waals surface area contributed by atoms with Gasteiger partial charge >= 0.3 is 0 Å². The summed E-state index contributed by atoms with van der Waals surface area (Å²) in [4.78, 5) is -0.878. The first-order valence-corrected chi connectivity index (χ1v) is 19.3. The minimum Gasteiger partial charge on any atom is -0.457 e. The first-order chi connectivity index (χ1) is 46.2. The SMILES string of the molecule is [2H]c1cc2c(c([2H])c1[2H])Oc1c([2H])c([2H])c([2H])c([2H])c1C21c2c([2H])c([2H])c([2H])c([2H])c2Sc2c(-c3c([2H])c([2H])c(N(c4c([2H])c([2H])c(-c5c([2H])c([2H])c([2H])c([2H])c5[2H])c([2H])c4[2H])c4c([2H])c([2H])c([2H])c5c4oc4c6c([2H])c([2H])c([2H])c([2H])c6c([2H])c([2H])c45)c([2H])c3[2H])c([2H])c([2H])c([2H])c21. The molecule has 0 saturated carbocycles. The minimum absolute atomic E-state index is 0.309. The molecule has 2 aliphatic heterocycles. The fourth-order valence-corrected chi connectivity index (χ4v) is 8.95. The van der Waals surface area contributed by atoms with Crippen LogP contribution in [0.3, 0.4) is 0 Å². The molecule has 1 aromatic heterocycles. The third-order valence-electron chi connectivity index (χ3n) is 10.4. The van der Waals surface area contributed by atoms with E-state index in [-0.39, 0.29) is 0 Å². The van der Waals surface area contributed by atoms with Crippen molar-refractivity contribution in [1.29, 1.82) is 0 Å². The highest BCUT2D eigenvalue weighted by Gasteiger charge is 2.49. The maximum Gasteiger partial charge on any atom is 0.159 e. The standard InChI is InChI=1S/C59H37NO2S/c1-2-14-38(15-3-1)39-28-33-42(34-29-39)60(52-24-13-19-46-47-37-32-40-16-4-5-17-44(40)56(47)62-57(46)52)43-35-30-41(31-36-43)45-18-12-23-51-58(45)63-55-27-11-8-22-50(55)59(51)48-20-6-9-25-53(48)61-54-26-10-7-21-49(54)59/h1-37H/i1D,2D,3D,4D,5D,6D,7D,8D,9D,10D,11D,12D,13D,14D,15D,16D,17D,18D,19D,20D,22D,23D,24D,25D,26D,27D,28D,29D,30D,31D,32D,33D,34D,35D,36D,37D. The third-order valence-corrected chi connectivity index (χ3v) is 11.5. The summed E-state index contributed by atoms with van der Waals surface area (Å²) in [5.41, 5.74) is -14.6. The number of hydrogen-bond acceptors (Lipinski definition) is 4. The molecule has 0 N–H and O–H groups in total. The number of nitrogens with zero attached hydrogens (tertiary/aromatic N) is 1. The molecule has 13 rings (SSSR count). The van der Waals surface area contributed by atoms with Crippen LogP contribution < -0.4 is 9.64 Å². The van der Waals surface area contributed by atoms with Crippen molar-refractivity contribution in [3.05, 3.63) is 246 Å². The molecule has 63 heavy (non-hydrogen) atoms. The van der Waals surface area contributed by atoms with E-state index in [1.165, 1.54) is 0 Å². The third kappa shape index (κ3) is 5.41. The van der Waals surface area contributed by atoms with Gasteiger partial charge in [0.05, 0.1) is 60.4 Å². The van der Waals surface area contributed by atoms with Crippen LogP contribution in [0.5, 0.6) is 11.5 Å². The molecule has 0 radical (unpaired) electrons. The Labute approximate surface area is 420 Å². The van der Waals surface area contributed by atoms with Gasteiger partial charge in [-0.05, 0) is 93.1 Å². The van der Waals surface area contributed by atoms with E-state index >= 15 is 0 Å². The molecule has 0 aliphatic carbocycles. The van der Waals surface area contributed by atoms with E-state index in [1.54, 1.807) is 0 Å². The summed E-state index contributed by atoms with van der Waals surface area (Å²) >= 11 is 0.309. The minimum atomic E-state index is -2.94. The summed E-state index contributed by atoms with van der Waals surface area (Å²) in [6, 6.07) is -37.0. The van der Waals surface area contributed by atoms with Crippen molar-refractivity contribution in [3.8, 4) is 33.8 Å². The van der Waals surface area contributed by atoms with Crippen molar-refractivity contribution in [3.63, 3.8) is 0 Å². The summed E-state index contributed by atoms with van der Waals surface area (Å²) in [6.45, 7) is 0. The van der Waals surface area contributed by atoms with Gasteiger partial charge < -0.3 is 14.1 Å². The van der Waals surface area contributed by atoms with Gasteiger partial charge in [-0.25, -0.2) is 0 Å². The molecule has 4 heteroatoms. The second-order valence-corrected chi connectivity index (χ2v) is 14.6. The summed E-state index contributed by atoms with van der Waals surface area (Å²) in [5, 5.41) is -2.55. The summed E-state index contributed by atoms with van der Waals surface area (Å²) < 4.78 is 345. The first kappa shape index (κ1) is 15.2. The Morgan fingerprint density at radius 1 is 0.429 bits per heavy atom. The zero-order valence-corrected chi connectivity index (χ0v) is 32.1. The van der Waals surface area contributed by atoms with Gasteiger partial charge in [-0.15, -0.1) is 0 Å². The average Bonchev–Trinajstić information content (AvgIpc) is 0.675. The number of hydrogen-bond donors (Lipinski definition) is 0. The van der Waals surface area contributed by atoms with E-state index in [2.05, 4.69) is 0 Å². The Bertz CT molecular complexity index is 5620. The van der Waals surface area contributed by atoms with E-state index in [0.29, 0.717) is 16.7 Å². The molecular formula is C59H37NO2S. The molecule has 1 unspecified atom stereocenters. The smallest absolute Gasteiger partial charge is 0.159 e. The van der Waals surface area contributed by atoms with Gasteiger partial charge in [0.15, 0.2) is 5.58 Å². The van der Waals surface area contributed by atoms with Gasteiger partial charge in [-0.3, -0.25) is 0 Å². The Morgan fingerprint density at radius 2 is 1.05 bits per heavy atom. The topological polar surface area (TPSA) is 25.6 Å². The number of ether oxygens (including phenoxy) is 1. The van der Waals surface area contributed by atoms with Gasteiger partial charge in [0.2, 0.25) is 0 Å². The Hall–Kier alpha value is -7.79. The Kier molecular flexibility index (Phi) is 3.42. The van der Waals surface area contributed by atoms with E-state index in [0.717, 1.165) is 6.07 Å². The van der Waals surface area contributed by atoms with Gasteiger partial charge in [0.25, 0.3) is 0 Å². The summed E-state index contributed by atoms with van der Waals surface area (Å²) in [5.74, 6) is -1.60. The van der Waals surface area contributed by atoms with Crippen molar-refractivity contribution >= 4 is 61.5 Å². The van der Waals surface area contributed by atoms with Gasteiger partial charge in [-0.1, -0.05) is 181 Å². The van der Waals surface area contributed by atoms with Crippen LogP contribution in [0, 0.1) is 0 Å². The maximum absolute atomic E-state index is 10.1. The number of benzene rings is 10. The maximum atomic E-state index is 10.1. The predicted octanol–water partition coefficient (Wildman–Crippen LogP) is 16.5. The molecule has 0 amide bonds. The molecule has 0 saturated heterocycles. The highest BCUT2D eigenvalue weighted by Crippen LogP contribution is 2.62. The summed E-state index contributed by atoms with van der Waals surface area (Å²) in [7, 11) is 0. The molecule has 296 valence electrons. The van der Waals surface area contributed by atoms with Gasteiger partial charge in [0.1, 0.15) is 17.1 Å². The molecule has 3 nitrogen and oxygen atoms in total. The molecule has 0 bridgehead atoms. The largest absolute Gasteiger partial charge is 0.457 e. The number of anilines is 3. The van der Waals surface area contributed by atoms with Crippen LogP contribution in [-0.2, 0) is 5.41 Å². The number of fused-ring (bicyclic) bond motifs is 13. The number of para-hydroxylation sites is 3. The monoisotopic (exact) mass is 859 g/mol. The Balaban J connectivity index is 1.22. The molecule has 10 aromatic carbocycles. The fraction of sp³-hybridized carbons (Fsp3) is 0.0169. The zero-order chi connectivity index (χ0) is 72.8. The Morgan fingerprint density at radius 3 is 1.89 bits per heavy atom. The highest BCUT2D eigenvalue weighted by molar-refractivity contribution is 7.99. The number of rotatable bonds is 5. The lowest BCUT2D eigenvalue weighted by atomic mass is 9.63. The van der Waals surface area contributed by atoms with Crippen molar-refractivity contribution < 1.29 is 58.5 Å². The second kappa shape index (κ2) is 14.1. The first-order valence-electron chi connectivity index (χ1n) is 36.5. The molecule has 11 aromatic rings. The summed E-state index contributed by atoms with van der Waals surface area (Å²) in [6.07, 6.45) is 0. The highest BCUT2D eigenvalue weighted by atomic mass is 32.2. The molecule has 3 heterocycles. The molecule has 2 aliphatic rings. The van der Waals surface area contributed by atoms with Crippen LogP contribution in [0.2, 0.25) is 0 Å². The van der Waals surface area contributed by atoms with E-state index < -0.39 is 339 Å². The van der Waals surface area contributed by atoms with Crippen LogP contribution in [0.15, 0.2) is 238 Å². The second-order valence-electron chi connectivity index (χ2n) is 13.6. The van der Waals surface area contributed by atoms with Crippen LogP contribution in [0.4, 0.5) is 17.1 Å². The van der Waals surface area contributed by atoms with Crippen molar-refractivity contribution in [2.75, 3.05) is 4.90 Å². The van der Waals surface area contributed by atoms with Crippen molar-refractivity contribution in [2.24, 2.45) is 0 Å². The lowest BCUT2D eigenvalue weighted by Crippen LogP contribution is -2.36. The lowest BCUT2D eigenvalue weighted by Gasteiger charge is -2.45. The van der Waals surface area contributed by atoms with E-state index in [1.807, 2.05) is 0 Å². The van der Waals surface area contributed by atoms with E-state index in [9.17, 15) is 27.4 Å². The lowest BCUT2D eigenvalue weighted by molar-refractivity contribution is 0.431. The molecule has 1 atom stereocenters. The zero-order valence-electron chi connectivity index (χ0n) is 67.2. The average molecular weight is 860 g/mol. The van der Waals surface area contributed by atoms with Crippen LogP contribution in [-0.4, -0.2) is 0 Å². The molecule has 1 spiro atoms. The van der Waals surface area contributed by atoms with Crippen molar-refractivity contribution in [1.82, 2.24) is 0 Å². The van der Waals surface area contributed by atoms with Crippen molar-refractivity contribution in [2.45, 2.75) is 15.2 Å². The fourth-order valence-electron chi connectivity index (χ4n) is 7.77. The molecule has 0 fully saturated rings. The van der Waals surface area contributed by atoms with Gasteiger partial charge in [-0.2, -0.15) is 0 Å². The van der Waals surface area contributed by atoms with Crippen LogP contribution in [0.25, 0.3) is 55.0 Å². The van der Waals surface area contributed by atoms with E-state index in [4.69, 9.17) is 31.1 Å². The van der Waals surface area contributed by atoms with Crippen LogP contribution >= 0.6 is 11.8 Å². The normalized spacial score (nSPS) is 22.8.